The first-order chi connectivity index (χ1) is 9.10. The Morgan fingerprint density at radius 3 is 2.25 bits per heavy atom. The Morgan fingerprint density at radius 1 is 1.15 bits per heavy atom. The maximum absolute atomic E-state index is 11.3. The highest BCUT2D eigenvalue weighted by molar-refractivity contribution is 5.67. The average molecular weight is 293 g/mol. The first kappa shape index (κ1) is 19.1. The van der Waals surface area contributed by atoms with Crippen LogP contribution in [-0.4, -0.2) is 48.8 Å². The highest BCUT2D eigenvalue weighted by Crippen LogP contribution is 2.06. The van der Waals surface area contributed by atoms with E-state index in [4.69, 9.17) is 24.1 Å². The SMILES string of the molecule is CC(O)OC(C)OC(C)OCCNC(=O)OC(C)(C)C. The van der Waals surface area contributed by atoms with Crippen molar-refractivity contribution in [2.24, 2.45) is 0 Å². The largest absolute Gasteiger partial charge is 0.444 e. The standard InChI is InChI=1S/C13H27NO6/c1-9(15)18-11(3)19-10(2)17-8-7-14-12(16)20-13(4,5)6/h9-11,15H,7-8H2,1-6H3,(H,14,16). The fraction of sp³-hybridized carbons (Fsp3) is 0.923. The molecule has 0 saturated heterocycles. The highest BCUT2D eigenvalue weighted by atomic mass is 16.8. The summed E-state index contributed by atoms with van der Waals surface area (Å²) < 4.78 is 20.7. The lowest BCUT2D eigenvalue weighted by molar-refractivity contribution is -0.269. The van der Waals surface area contributed by atoms with Gasteiger partial charge in [-0.25, -0.2) is 4.79 Å². The summed E-state index contributed by atoms with van der Waals surface area (Å²) in [7, 11) is 0. The maximum atomic E-state index is 11.3. The smallest absolute Gasteiger partial charge is 0.407 e. The molecular weight excluding hydrogens is 266 g/mol. The van der Waals surface area contributed by atoms with Gasteiger partial charge in [0.15, 0.2) is 18.9 Å². The maximum Gasteiger partial charge on any atom is 0.407 e. The Kier molecular flexibility index (Phi) is 8.71. The molecule has 20 heavy (non-hydrogen) atoms. The Balaban J connectivity index is 3.66. The molecule has 0 aromatic rings. The summed E-state index contributed by atoms with van der Waals surface area (Å²) in [6.45, 7) is 10.8. The first-order valence-corrected chi connectivity index (χ1v) is 6.67. The fourth-order valence-electron chi connectivity index (χ4n) is 1.31. The molecule has 2 N–H and O–H groups in total. The second-order valence-electron chi connectivity index (χ2n) is 5.31. The van der Waals surface area contributed by atoms with Crippen LogP contribution >= 0.6 is 0 Å². The minimum absolute atomic E-state index is 0.280. The van der Waals surface area contributed by atoms with Gasteiger partial charge in [-0.05, 0) is 41.5 Å². The Hall–Kier alpha value is -0.890. The van der Waals surface area contributed by atoms with Crippen LogP contribution in [0.15, 0.2) is 0 Å². The summed E-state index contributed by atoms with van der Waals surface area (Å²) in [6, 6.07) is 0. The van der Waals surface area contributed by atoms with Crippen LogP contribution in [0.1, 0.15) is 41.5 Å². The molecule has 0 saturated carbocycles. The molecule has 1 amide bonds. The van der Waals surface area contributed by atoms with E-state index in [0.29, 0.717) is 6.54 Å². The monoisotopic (exact) mass is 293 g/mol. The molecule has 120 valence electrons. The van der Waals surface area contributed by atoms with Crippen molar-refractivity contribution < 1.29 is 28.8 Å². The summed E-state index contributed by atoms with van der Waals surface area (Å²) in [6.07, 6.45) is -2.47. The van der Waals surface area contributed by atoms with Crippen molar-refractivity contribution in [3.63, 3.8) is 0 Å². The van der Waals surface area contributed by atoms with Gasteiger partial charge in [-0.3, -0.25) is 0 Å². The topological polar surface area (TPSA) is 86.3 Å². The molecule has 0 heterocycles. The second-order valence-corrected chi connectivity index (χ2v) is 5.31. The summed E-state index contributed by atoms with van der Waals surface area (Å²) in [5, 5.41) is 11.6. The van der Waals surface area contributed by atoms with Crippen molar-refractivity contribution in [1.82, 2.24) is 5.32 Å². The summed E-state index contributed by atoms with van der Waals surface area (Å²) >= 11 is 0. The molecule has 0 aliphatic carbocycles. The van der Waals surface area contributed by atoms with Crippen LogP contribution in [0.4, 0.5) is 4.79 Å². The van der Waals surface area contributed by atoms with Gasteiger partial charge in [0.25, 0.3) is 0 Å². The van der Waals surface area contributed by atoms with Crippen molar-refractivity contribution >= 4 is 6.09 Å². The summed E-state index contributed by atoms with van der Waals surface area (Å²) in [5.41, 5.74) is -0.519. The van der Waals surface area contributed by atoms with Crippen LogP contribution in [0.25, 0.3) is 0 Å². The zero-order chi connectivity index (χ0) is 15.8. The molecule has 0 aromatic carbocycles. The quantitative estimate of drug-likeness (QED) is 0.522. The van der Waals surface area contributed by atoms with Gasteiger partial charge in [0.2, 0.25) is 0 Å². The van der Waals surface area contributed by atoms with Gasteiger partial charge >= 0.3 is 6.09 Å². The predicted octanol–water partition coefficient (Wildman–Crippen LogP) is 1.59. The highest BCUT2D eigenvalue weighted by Gasteiger charge is 2.16. The van der Waals surface area contributed by atoms with Crippen molar-refractivity contribution in [1.29, 1.82) is 0 Å². The molecule has 7 nitrogen and oxygen atoms in total. The number of amides is 1. The number of aliphatic hydroxyl groups is 1. The lowest BCUT2D eigenvalue weighted by Crippen LogP contribution is -2.35. The Morgan fingerprint density at radius 2 is 1.75 bits per heavy atom. The molecule has 0 rings (SSSR count). The number of carbonyl (C=O) groups is 1. The fourth-order valence-corrected chi connectivity index (χ4v) is 1.31. The number of hydrogen-bond acceptors (Lipinski definition) is 6. The third-order valence-corrected chi connectivity index (χ3v) is 1.89. The van der Waals surface area contributed by atoms with Crippen LogP contribution in [0.3, 0.4) is 0 Å². The lowest BCUT2D eigenvalue weighted by atomic mass is 10.2. The first-order valence-electron chi connectivity index (χ1n) is 6.67. The van der Waals surface area contributed by atoms with E-state index in [2.05, 4.69) is 5.32 Å². The zero-order valence-electron chi connectivity index (χ0n) is 13.1. The number of rotatable bonds is 8. The third kappa shape index (κ3) is 12.2. The molecule has 7 heteroatoms. The van der Waals surface area contributed by atoms with Crippen molar-refractivity contribution in [2.45, 2.75) is 66.0 Å². The van der Waals surface area contributed by atoms with Crippen LogP contribution in [-0.2, 0) is 18.9 Å². The van der Waals surface area contributed by atoms with Crippen LogP contribution in [0, 0.1) is 0 Å². The van der Waals surface area contributed by atoms with E-state index in [9.17, 15) is 4.79 Å². The number of nitrogens with one attached hydrogen (secondary N) is 1. The lowest BCUT2D eigenvalue weighted by Gasteiger charge is -2.22. The number of carbonyl (C=O) groups excluding carboxylic acids is 1. The van der Waals surface area contributed by atoms with E-state index >= 15 is 0 Å². The Bertz CT molecular complexity index is 277. The predicted molar refractivity (Wildman–Crippen MR) is 73.0 cm³/mol. The van der Waals surface area contributed by atoms with Gasteiger partial charge in [-0.2, -0.15) is 0 Å². The molecule has 3 atom stereocenters. The molecular formula is C13H27NO6. The second kappa shape index (κ2) is 9.12. The minimum Gasteiger partial charge on any atom is -0.444 e. The molecule has 0 fully saturated rings. The van der Waals surface area contributed by atoms with Crippen molar-refractivity contribution in [3.8, 4) is 0 Å². The Labute approximate surface area is 120 Å². The molecule has 0 aromatic heterocycles. The van der Waals surface area contributed by atoms with Gasteiger partial charge in [-0.15, -0.1) is 0 Å². The normalized spacial score (nSPS) is 16.4. The van der Waals surface area contributed by atoms with Gasteiger partial charge in [-0.1, -0.05) is 0 Å². The van der Waals surface area contributed by atoms with E-state index in [0.717, 1.165) is 0 Å². The molecule has 0 spiro atoms. The number of ether oxygens (including phenoxy) is 4. The molecule has 0 bridgehead atoms. The van der Waals surface area contributed by atoms with E-state index in [-0.39, 0.29) is 6.61 Å². The number of alkyl carbamates (subject to hydrolysis) is 1. The average Bonchev–Trinajstić information content (AvgIpc) is 2.20. The summed E-state index contributed by atoms with van der Waals surface area (Å²) in [5.74, 6) is 0. The van der Waals surface area contributed by atoms with E-state index < -0.39 is 30.6 Å². The van der Waals surface area contributed by atoms with Gasteiger partial charge in [0.05, 0.1) is 6.61 Å². The number of hydrogen-bond donors (Lipinski definition) is 2. The molecule has 0 aliphatic rings. The van der Waals surface area contributed by atoms with Gasteiger partial charge in [0.1, 0.15) is 5.60 Å². The van der Waals surface area contributed by atoms with Crippen LogP contribution < -0.4 is 5.32 Å². The van der Waals surface area contributed by atoms with E-state index in [1.807, 2.05) is 0 Å². The van der Waals surface area contributed by atoms with Gasteiger partial charge < -0.3 is 29.4 Å². The number of aliphatic hydroxyl groups excluding tert-OH is 1. The molecule has 0 aliphatic heterocycles. The van der Waals surface area contributed by atoms with Crippen molar-refractivity contribution in [3.05, 3.63) is 0 Å². The van der Waals surface area contributed by atoms with Crippen LogP contribution in [0.5, 0.6) is 0 Å². The third-order valence-electron chi connectivity index (χ3n) is 1.89. The van der Waals surface area contributed by atoms with Crippen molar-refractivity contribution in [2.75, 3.05) is 13.2 Å². The minimum atomic E-state index is -0.897. The molecule has 3 unspecified atom stereocenters. The molecule has 0 radical (unpaired) electrons. The van der Waals surface area contributed by atoms with E-state index in [1.165, 1.54) is 6.92 Å². The van der Waals surface area contributed by atoms with Crippen LogP contribution in [0.2, 0.25) is 0 Å². The van der Waals surface area contributed by atoms with E-state index in [1.54, 1.807) is 34.6 Å². The zero-order valence-corrected chi connectivity index (χ0v) is 13.1. The van der Waals surface area contributed by atoms with Gasteiger partial charge in [0, 0.05) is 6.54 Å². The summed E-state index contributed by atoms with van der Waals surface area (Å²) in [4.78, 5) is 11.3.